The molecule has 1 nitrogen and oxygen atoms in total. The number of benzene rings is 1. The van der Waals surface area contributed by atoms with Crippen LogP contribution in [0.4, 0.5) is 13.2 Å². The molecule has 13 heavy (non-hydrogen) atoms. The van der Waals surface area contributed by atoms with Gasteiger partial charge in [0.2, 0.25) is 0 Å². The number of hydrogen-bond donors (Lipinski definition) is 1. The molecule has 0 amide bonds. The molecule has 0 saturated heterocycles. The third-order valence-corrected chi connectivity index (χ3v) is 1.91. The molecule has 0 aliphatic rings. The maximum absolute atomic E-state index is 12.8. The lowest BCUT2D eigenvalue weighted by Crippen LogP contribution is -2.18. The Morgan fingerprint density at radius 3 is 2.38 bits per heavy atom. The van der Waals surface area contributed by atoms with Crippen LogP contribution in [0.3, 0.4) is 0 Å². The van der Waals surface area contributed by atoms with Gasteiger partial charge in [0.15, 0.2) is 0 Å². The summed E-state index contributed by atoms with van der Waals surface area (Å²) in [4.78, 5) is 0. The summed E-state index contributed by atoms with van der Waals surface area (Å²) in [5.41, 5.74) is 5.14. The van der Waals surface area contributed by atoms with Crippen LogP contribution in [0.2, 0.25) is 5.02 Å². The van der Waals surface area contributed by atoms with E-state index < -0.39 is 18.3 Å². The third kappa shape index (κ3) is 2.35. The standard InChI is InChI=1S/C8H7ClF3N/c9-5-2-1-4(3-6(5)10)7(13)8(11)12/h1-3,7-8H,13H2. The molecule has 1 aromatic rings. The highest BCUT2D eigenvalue weighted by Crippen LogP contribution is 2.22. The molecule has 1 atom stereocenters. The van der Waals surface area contributed by atoms with Crippen LogP contribution in [0, 0.1) is 5.82 Å². The van der Waals surface area contributed by atoms with E-state index in [0.29, 0.717) is 0 Å². The SMILES string of the molecule is NC(c1ccc(Cl)c(F)c1)C(F)F. The molecule has 5 heteroatoms. The van der Waals surface area contributed by atoms with Gasteiger partial charge in [-0.2, -0.15) is 0 Å². The first kappa shape index (κ1) is 10.3. The van der Waals surface area contributed by atoms with E-state index in [2.05, 4.69) is 0 Å². The molecule has 0 radical (unpaired) electrons. The molecule has 0 aromatic heterocycles. The van der Waals surface area contributed by atoms with Gasteiger partial charge in [0, 0.05) is 0 Å². The van der Waals surface area contributed by atoms with Crippen molar-refractivity contribution in [1.29, 1.82) is 0 Å². The lowest BCUT2D eigenvalue weighted by atomic mass is 10.1. The largest absolute Gasteiger partial charge is 0.319 e. The lowest BCUT2D eigenvalue weighted by molar-refractivity contribution is 0.116. The van der Waals surface area contributed by atoms with Gasteiger partial charge >= 0.3 is 0 Å². The van der Waals surface area contributed by atoms with E-state index in [4.69, 9.17) is 17.3 Å². The molecule has 1 rings (SSSR count). The number of hydrogen-bond acceptors (Lipinski definition) is 1. The van der Waals surface area contributed by atoms with Crippen molar-refractivity contribution in [2.24, 2.45) is 5.73 Å². The van der Waals surface area contributed by atoms with E-state index in [9.17, 15) is 13.2 Å². The highest BCUT2D eigenvalue weighted by Gasteiger charge is 2.18. The molecule has 0 bridgehead atoms. The molecule has 1 unspecified atom stereocenters. The second-order valence-corrected chi connectivity index (χ2v) is 2.94. The number of rotatable bonds is 2. The first-order valence-electron chi connectivity index (χ1n) is 3.51. The maximum Gasteiger partial charge on any atom is 0.257 e. The molecule has 0 saturated carbocycles. The average molecular weight is 210 g/mol. The zero-order chi connectivity index (χ0) is 10.0. The van der Waals surface area contributed by atoms with E-state index in [1.807, 2.05) is 0 Å². The summed E-state index contributed by atoms with van der Waals surface area (Å²) >= 11 is 5.36. The summed E-state index contributed by atoms with van der Waals surface area (Å²) in [6, 6.07) is 1.93. The zero-order valence-corrected chi connectivity index (χ0v) is 7.23. The molecule has 0 aliphatic heterocycles. The molecular formula is C8H7ClF3N. The van der Waals surface area contributed by atoms with Crippen molar-refractivity contribution in [3.63, 3.8) is 0 Å². The fourth-order valence-electron chi connectivity index (χ4n) is 0.865. The Bertz CT molecular complexity index is 303. The minimum Gasteiger partial charge on any atom is -0.319 e. The van der Waals surface area contributed by atoms with Crippen LogP contribution < -0.4 is 5.73 Å². The third-order valence-electron chi connectivity index (χ3n) is 1.60. The van der Waals surface area contributed by atoms with Crippen LogP contribution in [0.1, 0.15) is 11.6 Å². The first-order chi connectivity index (χ1) is 6.02. The molecule has 72 valence electrons. The summed E-state index contributed by atoms with van der Waals surface area (Å²) in [5, 5.41) is -0.106. The molecule has 1 aromatic carbocycles. The first-order valence-corrected chi connectivity index (χ1v) is 3.89. The molecule has 0 fully saturated rings. The van der Waals surface area contributed by atoms with E-state index in [1.165, 1.54) is 12.1 Å². The number of halogens is 4. The van der Waals surface area contributed by atoms with Crippen LogP contribution in [0.15, 0.2) is 18.2 Å². The minimum absolute atomic E-state index is 0.0388. The molecular weight excluding hydrogens is 203 g/mol. The quantitative estimate of drug-likeness (QED) is 0.796. The van der Waals surface area contributed by atoms with Crippen molar-refractivity contribution in [2.75, 3.05) is 0 Å². The average Bonchev–Trinajstić information content (AvgIpc) is 2.08. The van der Waals surface area contributed by atoms with Gasteiger partial charge in [-0.1, -0.05) is 17.7 Å². The van der Waals surface area contributed by atoms with Crippen molar-refractivity contribution < 1.29 is 13.2 Å². The van der Waals surface area contributed by atoms with E-state index >= 15 is 0 Å². The predicted molar refractivity (Wildman–Crippen MR) is 44.3 cm³/mol. The number of nitrogens with two attached hydrogens (primary N) is 1. The fraction of sp³-hybridized carbons (Fsp3) is 0.250. The Balaban J connectivity index is 2.97. The van der Waals surface area contributed by atoms with Gasteiger partial charge in [0.05, 0.1) is 11.1 Å². The highest BCUT2D eigenvalue weighted by atomic mass is 35.5. The van der Waals surface area contributed by atoms with Gasteiger partial charge in [0.1, 0.15) is 5.82 Å². The van der Waals surface area contributed by atoms with E-state index in [1.54, 1.807) is 0 Å². The maximum atomic E-state index is 12.8. The Kier molecular flexibility index (Phi) is 3.17. The van der Waals surface area contributed by atoms with E-state index in [0.717, 1.165) is 6.07 Å². The van der Waals surface area contributed by atoms with Crippen molar-refractivity contribution in [1.82, 2.24) is 0 Å². The van der Waals surface area contributed by atoms with Crippen molar-refractivity contribution >= 4 is 11.6 Å². The second-order valence-electron chi connectivity index (χ2n) is 2.53. The molecule has 0 aliphatic carbocycles. The Labute approximate surface area is 78.3 Å². The lowest BCUT2D eigenvalue weighted by Gasteiger charge is -2.10. The topological polar surface area (TPSA) is 26.0 Å². The summed E-state index contributed by atoms with van der Waals surface area (Å²) in [6.07, 6.45) is -2.71. The van der Waals surface area contributed by atoms with Gasteiger partial charge in [0.25, 0.3) is 6.43 Å². The van der Waals surface area contributed by atoms with Crippen LogP contribution in [-0.4, -0.2) is 6.43 Å². The second kappa shape index (κ2) is 3.98. The van der Waals surface area contributed by atoms with Crippen LogP contribution in [0.5, 0.6) is 0 Å². The Morgan fingerprint density at radius 2 is 1.92 bits per heavy atom. The van der Waals surface area contributed by atoms with Crippen molar-refractivity contribution in [3.05, 3.63) is 34.6 Å². The Hall–Kier alpha value is -0.740. The van der Waals surface area contributed by atoms with Crippen molar-refractivity contribution in [3.8, 4) is 0 Å². The molecule has 0 heterocycles. The van der Waals surface area contributed by atoms with E-state index in [-0.39, 0.29) is 10.6 Å². The van der Waals surface area contributed by atoms with Gasteiger partial charge in [-0.3, -0.25) is 0 Å². The van der Waals surface area contributed by atoms with Gasteiger partial charge in [-0.25, -0.2) is 13.2 Å². The summed E-state index contributed by atoms with van der Waals surface area (Å²) in [6.45, 7) is 0. The normalized spacial score (nSPS) is 13.4. The van der Waals surface area contributed by atoms with Crippen LogP contribution in [-0.2, 0) is 0 Å². The van der Waals surface area contributed by atoms with Gasteiger partial charge in [-0.15, -0.1) is 0 Å². The smallest absolute Gasteiger partial charge is 0.257 e. The number of alkyl halides is 2. The fourth-order valence-corrected chi connectivity index (χ4v) is 0.983. The van der Waals surface area contributed by atoms with Crippen molar-refractivity contribution in [2.45, 2.75) is 12.5 Å². The van der Waals surface area contributed by atoms with Crippen LogP contribution in [0.25, 0.3) is 0 Å². The highest BCUT2D eigenvalue weighted by molar-refractivity contribution is 6.30. The summed E-state index contributed by atoms with van der Waals surface area (Å²) < 4.78 is 36.9. The molecule has 0 spiro atoms. The molecule has 2 N–H and O–H groups in total. The zero-order valence-electron chi connectivity index (χ0n) is 6.48. The van der Waals surface area contributed by atoms with Crippen LogP contribution >= 0.6 is 11.6 Å². The monoisotopic (exact) mass is 209 g/mol. The summed E-state index contributed by atoms with van der Waals surface area (Å²) in [7, 11) is 0. The summed E-state index contributed by atoms with van der Waals surface area (Å²) in [5.74, 6) is -0.740. The van der Waals surface area contributed by atoms with Gasteiger partial charge < -0.3 is 5.73 Å². The Morgan fingerprint density at radius 1 is 1.31 bits per heavy atom. The predicted octanol–water partition coefficient (Wildman–Crippen LogP) is 2.74. The minimum atomic E-state index is -2.71. The van der Waals surface area contributed by atoms with Gasteiger partial charge in [-0.05, 0) is 17.7 Å².